The number of halogens is 1. The van der Waals surface area contributed by atoms with E-state index in [2.05, 4.69) is 28.9 Å². The van der Waals surface area contributed by atoms with Gasteiger partial charge in [0.2, 0.25) is 0 Å². The standard InChI is InChI=1S/C16H19BrO2/c1-10-8-16(6-5-14(10)19-2)9-11-3-4-12(17)7-13(11)15(16)18/h3-4,7,10,14H,5-6,8-9H2,1-2H3/t10-,14-,16-/m1/s1. The first-order chi connectivity index (χ1) is 9.05. The van der Waals surface area contributed by atoms with Gasteiger partial charge in [-0.05, 0) is 49.3 Å². The van der Waals surface area contributed by atoms with E-state index in [1.165, 1.54) is 5.56 Å². The number of methoxy groups -OCH3 is 1. The molecule has 0 unspecified atom stereocenters. The van der Waals surface area contributed by atoms with Crippen LogP contribution >= 0.6 is 15.9 Å². The Balaban J connectivity index is 1.91. The van der Waals surface area contributed by atoms with Gasteiger partial charge in [-0.2, -0.15) is 0 Å². The van der Waals surface area contributed by atoms with Crippen LogP contribution in [-0.4, -0.2) is 19.0 Å². The molecular formula is C16H19BrO2. The maximum Gasteiger partial charge on any atom is 0.169 e. The first-order valence-electron chi connectivity index (χ1n) is 6.92. The summed E-state index contributed by atoms with van der Waals surface area (Å²) in [6.07, 6.45) is 4.14. The van der Waals surface area contributed by atoms with E-state index in [1.54, 1.807) is 7.11 Å². The Bertz CT molecular complexity index is 525. The molecule has 1 aromatic rings. The second-order valence-electron chi connectivity index (χ2n) is 6.08. The molecular weight excluding hydrogens is 304 g/mol. The fraction of sp³-hybridized carbons (Fsp3) is 0.562. The predicted molar refractivity (Wildman–Crippen MR) is 78.4 cm³/mol. The Labute approximate surface area is 122 Å². The zero-order valence-electron chi connectivity index (χ0n) is 11.4. The van der Waals surface area contributed by atoms with Crippen LogP contribution in [0, 0.1) is 11.3 Å². The van der Waals surface area contributed by atoms with Crippen molar-refractivity contribution in [3.05, 3.63) is 33.8 Å². The Morgan fingerprint density at radius 1 is 1.42 bits per heavy atom. The second-order valence-corrected chi connectivity index (χ2v) is 7.00. The molecule has 1 spiro atoms. The summed E-state index contributed by atoms with van der Waals surface area (Å²) in [6, 6.07) is 6.12. The van der Waals surface area contributed by atoms with Gasteiger partial charge in [-0.25, -0.2) is 0 Å². The van der Waals surface area contributed by atoms with Crippen LogP contribution in [0.25, 0.3) is 0 Å². The molecule has 0 N–H and O–H groups in total. The first-order valence-corrected chi connectivity index (χ1v) is 7.71. The largest absolute Gasteiger partial charge is 0.381 e. The van der Waals surface area contributed by atoms with Gasteiger partial charge in [0.15, 0.2) is 5.78 Å². The normalized spacial score (nSPS) is 33.7. The summed E-state index contributed by atoms with van der Waals surface area (Å²) >= 11 is 3.47. The van der Waals surface area contributed by atoms with Crippen molar-refractivity contribution in [2.24, 2.45) is 11.3 Å². The topological polar surface area (TPSA) is 26.3 Å². The number of hydrogen-bond donors (Lipinski definition) is 0. The van der Waals surface area contributed by atoms with Crippen molar-refractivity contribution in [3.63, 3.8) is 0 Å². The second kappa shape index (κ2) is 4.71. The van der Waals surface area contributed by atoms with E-state index in [1.807, 2.05) is 12.1 Å². The van der Waals surface area contributed by atoms with E-state index < -0.39 is 0 Å². The number of rotatable bonds is 1. The summed E-state index contributed by atoms with van der Waals surface area (Å²) in [4.78, 5) is 12.8. The lowest BCUT2D eigenvalue weighted by Gasteiger charge is -2.39. The quantitative estimate of drug-likeness (QED) is 0.780. The average Bonchev–Trinajstić information content (AvgIpc) is 2.64. The number of ketones is 1. The van der Waals surface area contributed by atoms with Gasteiger partial charge in [-0.15, -0.1) is 0 Å². The highest BCUT2D eigenvalue weighted by Crippen LogP contribution is 2.49. The smallest absolute Gasteiger partial charge is 0.169 e. The van der Waals surface area contributed by atoms with Gasteiger partial charge in [-0.1, -0.05) is 28.9 Å². The van der Waals surface area contributed by atoms with Crippen molar-refractivity contribution in [1.29, 1.82) is 0 Å². The molecule has 2 nitrogen and oxygen atoms in total. The number of ether oxygens (including phenoxy) is 1. The summed E-state index contributed by atoms with van der Waals surface area (Å²) in [5, 5.41) is 0. The molecule has 2 aliphatic rings. The molecule has 0 aliphatic heterocycles. The monoisotopic (exact) mass is 322 g/mol. The zero-order valence-corrected chi connectivity index (χ0v) is 13.0. The van der Waals surface area contributed by atoms with Crippen molar-refractivity contribution in [3.8, 4) is 0 Å². The fourth-order valence-electron chi connectivity index (χ4n) is 3.91. The van der Waals surface area contributed by atoms with Crippen LogP contribution in [0.15, 0.2) is 22.7 Å². The summed E-state index contributed by atoms with van der Waals surface area (Å²) in [5.41, 5.74) is 1.99. The Hall–Kier alpha value is -0.670. The molecule has 3 heteroatoms. The number of Topliss-reactive ketones (excluding diaryl/α,β-unsaturated/α-hetero) is 1. The third-order valence-corrected chi connectivity index (χ3v) is 5.38. The molecule has 1 fully saturated rings. The molecule has 3 rings (SSSR count). The third kappa shape index (κ3) is 2.07. The SMILES string of the molecule is CO[C@@H]1CC[C@]2(Cc3ccc(Br)cc3C2=O)C[C@H]1C. The molecule has 102 valence electrons. The summed E-state index contributed by atoms with van der Waals surface area (Å²) in [7, 11) is 1.78. The minimum absolute atomic E-state index is 0.155. The van der Waals surface area contributed by atoms with Gasteiger partial charge in [0.25, 0.3) is 0 Å². The molecule has 0 aromatic heterocycles. The maximum absolute atomic E-state index is 12.8. The summed E-state index contributed by atoms with van der Waals surface area (Å²) < 4.78 is 6.51. The fourth-order valence-corrected chi connectivity index (χ4v) is 4.28. The van der Waals surface area contributed by atoms with Crippen molar-refractivity contribution >= 4 is 21.7 Å². The van der Waals surface area contributed by atoms with Crippen LogP contribution in [-0.2, 0) is 11.2 Å². The Morgan fingerprint density at radius 3 is 2.89 bits per heavy atom. The average molecular weight is 323 g/mol. The van der Waals surface area contributed by atoms with E-state index in [4.69, 9.17) is 4.74 Å². The van der Waals surface area contributed by atoms with Crippen molar-refractivity contribution in [1.82, 2.24) is 0 Å². The number of benzene rings is 1. The van der Waals surface area contributed by atoms with Gasteiger partial charge >= 0.3 is 0 Å². The van der Waals surface area contributed by atoms with Crippen LogP contribution in [0.2, 0.25) is 0 Å². The molecule has 1 saturated carbocycles. The minimum atomic E-state index is -0.155. The van der Waals surface area contributed by atoms with Crippen LogP contribution < -0.4 is 0 Å². The van der Waals surface area contributed by atoms with Gasteiger partial charge in [0.05, 0.1) is 6.10 Å². The number of fused-ring (bicyclic) bond motifs is 1. The minimum Gasteiger partial charge on any atom is -0.381 e. The van der Waals surface area contributed by atoms with Crippen LogP contribution in [0.5, 0.6) is 0 Å². The van der Waals surface area contributed by atoms with Gasteiger partial charge < -0.3 is 4.74 Å². The van der Waals surface area contributed by atoms with E-state index in [-0.39, 0.29) is 5.41 Å². The van der Waals surface area contributed by atoms with Crippen LogP contribution in [0.3, 0.4) is 0 Å². The number of carbonyl (C=O) groups is 1. The van der Waals surface area contributed by atoms with Gasteiger partial charge in [0, 0.05) is 22.6 Å². The number of carbonyl (C=O) groups excluding carboxylic acids is 1. The lowest BCUT2D eigenvalue weighted by molar-refractivity contribution is -0.00679. The highest BCUT2D eigenvalue weighted by Gasteiger charge is 2.49. The zero-order chi connectivity index (χ0) is 13.6. The molecule has 1 aromatic carbocycles. The highest BCUT2D eigenvalue weighted by atomic mass is 79.9. The van der Waals surface area contributed by atoms with Crippen molar-refractivity contribution < 1.29 is 9.53 Å². The lowest BCUT2D eigenvalue weighted by Crippen LogP contribution is -2.40. The maximum atomic E-state index is 12.8. The molecule has 0 radical (unpaired) electrons. The predicted octanol–water partition coefficient (Wildman–Crippen LogP) is 4.01. The van der Waals surface area contributed by atoms with E-state index in [9.17, 15) is 4.79 Å². The van der Waals surface area contributed by atoms with E-state index in [0.29, 0.717) is 17.8 Å². The van der Waals surface area contributed by atoms with E-state index >= 15 is 0 Å². The van der Waals surface area contributed by atoms with Crippen molar-refractivity contribution in [2.75, 3.05) is 7.11 Å². The highest BCUT2D eigenvalue weighted by molar-refractivity contribution is 9.10. The Morgan fingerprint density at radius 2 is 2.21 bits per heavy atom. The van der Waals surface area contributed by atoms with Crippen molar-refractivity contribution in [2.45, 2.75) is 38.7 Å². The molecule has 0 bridgehead atoms. The van der Waals surface area contributed by atoms with Crippen LogP contribution in [0.1, 0.15) is 42.1 Å². The molecule has 3 atom stereocenters. The molecule has 0 amide bonds. The summed E-state index contributed by atoms with van der Waals surface area (Å²) in [6.45, 7) is 2.21. The number of hydrogen-bond acceptors (Lipinski definition) is 2. The van der Waals surface area contributed by atoms with Gasteiger partial charge in [-0.3, -0.25) is 4.79 Å². The Kier molecular flexibility index (Phi) is 3.30. The summed E-state index contributed by atoms with van der Waals surface area (Å²) in [5.74, 6) is 0.811. The first kappa shape index (κ1) is 13.3. The van der Waals surface area contributed by atoms with Gasteiger partial charge in [0.1, 0.15) is 0 Å². The van der Waals surface area contributed by atoms with Crippen LogP contribution in [0.4, 0.5) is 0 Å². The third-order valence-electron chi connectivity index (χ3n) is 4.88. The molecule has 2 aliphatic carbocycles. The molecule has 19 heavy (non-hydrogen) atoms. The molecule has 0 heterocycles. The molecule has 0 saturated heterocycles. The lowest BCUT2D eigenvalue weighted by atomic mass is 9.66. The van der Waals surface area contributed by atoms with E-state index in [0.717, 1.165) is 35.7 Å².